The standard InChI is InChI=1S/C14H26N4O6S/c15-6-2-1-3-9(17-12(21)8(16)7-25)13(22)18-10(14(23)24)4-5-11(19)20/h8-10,25H,1-7,15-16H2,(H,17,21)(H,18,22)(H,19,20)(H,23,24)/t8-,9-,10-/m0/s1. The summed E-state index contributed by atoms with van der Waals surface area (Å²) in [7, 11) is 0. The number of hydrogen-bond donors (Lipinski definition) is 7. The molecule has 0 aliphatic heterocycles. The average Bonchev–Trinajstić information content (AvgIpc) is 2.56. The molecule has 0 unspecified atom stereocenters. The monoisotopic (exact) mass is 378 g/mol. The van der Waals surface area contributed by atoms with Gasteiger partial charge in [0.2, 0.25) is 11.8 Å². The first-order valence-electron chi connectivity index (χ1n) is 7.84. The minimum absolute atomic E-state index is 0.0827. The molecule has 10 nitrogen and oxygen atoms in total. The topological polar surface area (TPSA) is 185 Å². The summed E-state index contributed by atoms with van der Waals surface area (Å²) in [5.41, 5.74) is 10.9. The molecule has 0 saturated heterocycles. The number of carboxylic acid groups (broad SMARTS) is 2. The number of unbranched alkanes of at least 4 members (excludes halogenated alkanes) is 1. The zero-order valence-electron chi connectivity index (χ0n) is 13.8. The van der Waals surface area contributed by atoms with Gasteiger partial charge >= 0.3 is 11.9 Å². The van der Waals surface area contributed by atoms with Gasteiger partial charge < -0.3 is 32.3 Å². The zero-order valence-corrected chi connectivity index (χ0v) is 14.7. The Morgan fingerprint density at radius 1 is 0.960 bits per heavy atom. The van der Waals surface area contributed by atoms with Gasteiger partial charge in [-0.05, 0) is 32.2 Å². The maximum absolute atomic E-state index is 12.3. The van der Waals surface area contributed by atoms with Gasteiger partial charge in [-0.15, -0.1) is 0 Å². The van der Waals surface area contributed by atoms with Crippen molar-refractivity contribution in [1.29, 1.82) is 0 Å². The van der Waals surface area contributed by atoms with Crippen molar-refractivity contribution in [3.8, 4) is 0 Å². The molecule has 25 heavy (non-hydrogen) atoms. The van der Waals surface area contributed by atoms with E-state index in [1.807, 2.05) is 0 Å². The van der Waals surface area contributed by atoms with Gasteiger partial charge in [0.25, 0.3) is 0 Å². The van der Waals surface area contributed by atoms with E-state index in [0.717, 1.165) is 0 Å². The van der Waals surface area contributed by atoms with E-state index in [9.17, 15) is 19.2 Å². The number of carboxylic acids is 2. The molecule has 0 bridgehead atoms. The highest BCUT2D eigenvalue weighted by Gasteiger charge is 2.27. The smallest absolute Gasteiger partial charge is 0.326 e. The van der Waals surface area contributed by atoms with Gasteiger partial charge in [-0.1, -0.05) is 0 Å². The van der Waals surface area contributed by atoms with Crippen LogP contribution in [0.3, 0.4) is 0 Å². The first kappa shape index (κ1) is 23.1. The molecule has 0 heterocycles. The maximum atomic E-state index is 12.3. The molecule has 0 radical (unpaired) electrons. The maximum Gasteiger partial charge on any atom is 0.326 e. The molecule has 0 fully saturated rings. The van der Waals surface area contributed by atoms with Crippen molar-refractivity contribution in [2.75, 3.05) is 12.3 Å². The number of carbonyl (C=O) groups is 4. The summed E-state index contributed by atoms with van der Waals surface area (Å²) < 4.78 is 0. The van der Waals surface area contributed by atoms with Gasteiger partial charge in [0.15, 0.2) is 0 Å². The second kappa shape index (κ2) is 12.5. The predicted octanol–water partition coefficient (Wildman–Crippen LogP) is -1.71. The summed E-state index contributed by atoms with van der Waals surface area (Å²) in [5.74, 6) is -3.74. The van der Waals surface area contributed by atoms with E-state index in [4.69, 9.17) is 21.7 Å². The summed E-state index contributed by atoms with van der Waals surface area (Å²) in [6, 6.07) is -3.26. The molecule has 8 N–H and O–H groups in total. The van der Waals surface area contributed by atoms with Gasteiger partial charge in [-0.3, -0.25) is 14.4 Å². The van der Waals surface area contributed by atoms with Gasteiger partial charge in [0.05, 0.1) is 6.04 Å². The van der Waals surface area contributed by atoms with E-state index in [1.165, 1.54) is 0 Å². The second-order valence-corrected chi connectivity index (χ2v) is 5.83. The Morgan fingerprint density at radius 3 is 2.04 bits per heavy atom. The van der Waals surface area contributed by atoms with E-state index in [2.05, 4.69) is 23.3 Å². The highest BCUT2D eigenvalue weighted by atomic mass is 32.1. The van der Waals surface area contributed by atoms with Crippen molar-refractivity contribution >= 4 is 36.4 Å². The average molecular weight is 378 g/mol. The van der Waals surface area contributed by atoms with Crippen LogP contribution in [0.1, 0.15) is 32.1 Å². The Balaban J connectivity index is 4.93. The van der Waals surface area contributed by atoms with Crippen molar-refractivity contribution in [1.82, 2.24) is 10.6 Å². The number of rotatable bonds is 13. The SMILES string of the molecule is NCCCC[C@H](NC(=O)[C@@H](N)CS)C(=O)N[C@@H](CCC(=O)O)C(=O)O. The molecule has 0 spiro atoms. The molecule has 0 aromatic heterocycles. The number of thiol groups is 1. The lowest BCUT2D eigenvalue weighted by atomic mass is 10.1. The number of nitrogens with two attached hydrogens (primary N) is 2. The number of amides is 2. The first-order valence-corrected chi connectivity index (χ1v) is 8.48. The zero-order chi connectivity index (χ0) is 19.4. The van der Waals surface area contributed by atoms with Gasteiger partial charge in [-0.25, -0.2) is 4.79 Å². The number of carbonyl (C=O) groups excluding carboxylic acids is 2. The number of aliphatic carboxylic acids is 2. The Labute approximate surface area is 151 Å². The normalized spacial score (nSPS) is 14.2. The van der Waals surface area contributed by atoms with Crippen molar-refractivity contribution in [3.63, 3.8) is 0 Å². The Morgan fingerprint density at radius 2 is 1.56 bits per heavy atom. The summed E-state index contributed by atoms with van der Waals surface area (Å²) in [4.78, 5) is 45.9. The molecule has 0 rings (SSSR count). The Hall–Kier alpha value is -1.85. The van der Waals surface area contributed by atoms with Crippen LogP contribution in [0.5, 0.6) is 0 Å². The molecule has 3 atom stereocenters. The van der Waals surface area contributed by atoms with Crippen LogP contribution in [0, 0.1) is 0 Å². The summed E-state index contributed by atoms with van der Waals surface area (Å²) in [6.45, 7) is 0.412. The second-order valence-electron chi connectivity index (χ2n) is 5.47. The molecule has 0 aromatic carbocycles. The van der Waals surface area contributed by atoms with E-state index in [1.54, 1.807) is 0 Å². The van der Waals surface area contributed by atoms with Crippen molar-refractivity contribution in [2.24, 2.45) is 11.5 Å². The third-order valence-corrected chi connectivity index (χ3v) is 3.77. The molecule has 11 heteroatoms. The van der Waals surface area contributed by atoms with Crippen LogP contribution in [0.4, 0.5) is 0 Å². The van der Waals surface area contributed by atoms with E-state index in [0.29, 0.717) is 19.4 Å². The molecule has 2 amide bonds. The number of nitrogens with one attached hydrogen (secondary N) is 2. The van der Waals surface area contributed by atoms with Crippen molar-refractivity contribution < 1.29 is 29.4 Å². The molecular formula is C14H26N4O6S. The molecule has 0 aliphatic carbocycles. The van der Waals surface area contributed by atoms with Crippen LogP contribution >= 0.6 is 12.6 Å². The highest BCUT2D eigenvalue weighted by Crippen LogP contribution is 2.05. The largest absolute Gasteiger partial charge is 0.481 e. The van der Waals surface area contributed by atoms with Crippen molar-refractivity contribution in [3.05, 3.63) is 0 Å². The van der Waals surface area contributed by atoms with Crippen LogP contribution in [0.25, 0.3) is 0 Å². The quantitative estimate of drug-likeness (QED) is 0.146. The van der Waals surface area contributed by atoms with Gasteiger partial charge in [-0.2, -0.15) is 12.6 Å². The molecule has 0 saturated carbocycles. The van der Waals surface area contributed by atoms with Crippen LogP contribution in [0.2, 0.25) is 0 Å². The molecular weight excluding hydrogens is 352 g/mol. The molecule has 0 aromatic rings. The fourth-order valence-electron chi connectivity index (χ4n) is 1.92. The third kappa shape index (κ3) is 9.89. The summed E-state index contributed by atoms with van der Waals surface area (Å²) >= 11 is 3.91. The summed E-state index contributed by atoms with van der Waals surface area (Å²) in [6.07, 6.45) is 0.735. The Kier molecular flexibility index (Phi) is 11.6. The van der Waals surface area contributed by atoms with Crippen LogP contribution in [-0.2, 0) is 19.2 Å². The Bertz CT molecular complexity index is 476. The fourth-order valence-corrected chi connectivity index (χ4v) is 2.09. The van der Waals surface area contributed by atoms with Crippen LogP contribution in [0.15, 0.2) is 0 Å². The third-order valence-electron chi connectivity index (χ3n) is 3.37. The molecule has 144 valence electrons. The van der Waals surface area contributed by atoms with E-state index >= 15 is 0 Å². The van der Waals surface area contributed by atoms with Gasteiger partial charge in [0.1, 0.15) is 12.1 Å². The minimum atomic E-state index is -1.36. The minimum Gasteiger partial charge on any atom is -0.481 e. The van der Waals surface area contributed by atoms with Crippen LogP contribution < -0.4 is 22.1 Å². The van der Waals surface area contributed by atoms with Crippen molar-refractivity contribution in [2.45, 2.75) is 50.2 Å². The fraction of sp³-hybridized carbons (Fsp3) is 0.714. The lowest BCUT2D eigenvalue weighted by Gasteiger charge is -2.22. The summed E-state index contributed by atoms with van der Waals surface area (Å²) in [5, 5.41) is 22.5. The lowest BCUT2D eigenvalue weighted by molar-refractivity contribution is -0.143. The highest BCUT2D eigenvalue weighted by molar-refractivity contribution is 7.80. The van der Waals surface area contributed by atoms with Gasteiger partial charge in [0, 0.05) is 12.2 Å². The molecule has 0 aliphatic rings. The number of hydrogen-bond acceptors (Lipinski definition) is 7. The predicted molar refractivity (Wildman–Crippen MR) is 93.1 cm³/mol. The lowest BCUT2D eigenvalue weighted by Crippen LogP contribution is -2.54. The first-order chi connectivity index (χ1) is 11.7. The van der Waals surface area contributed by atoms with Crippen LogP contribution in [-0.4, -0.2) is 64.4 Å². The van der Waals surface area contributed by atoms with E-state index in [-0.39, 0.29) is 18.6 Å². The van der Waals surface area contributed by atoms with E-state index < -0.39 is 48.3 Å².